The summed E-state index contributed by atoms with van der Waals surface area (Å²) in [6.45, 7) is 8.36. The van der Waals surface area contributed by atoms with Gasteiger partial charge in [-0.25, -0.2) is 0 Å². The smallest absolute Gasteiger partial charge is 0.399 e. The summed E-state index contributed by atoms with van der Waals surface area (Å²) in [6, 6.07) is 32.9. The maximum Gasteiger partial charge on any atom is 0.494 e. The zero-order chi connectivity index (χ0) is 22.8. The Balaban J connectivity index is 1.36. The second-order valence-electron chi connectivity index (χ2n) is 10.1. The molecule has 1 fully saturated rings. The highest BCUT2D eigenvalue weighted by atomic mass is 16.7. The Kier molecular flexibility index (Phi) is 4.45. The fraction of sp³-hybridized carbons (Fsp3) is 0.200. The SMILES string of the molecule is CC1(C)OB(c2ccc3cc(-c4ccc5c(ccc6ccccc65)c4)ccc3c2)OC1(C)C. The Morgan fingerprint density at radius 1 is 0.515 bits per heavy atom. The second-order valence-corrected chi connectivity index (χ2v) is 10.1. The molecule has 0 amide bonds. The van der Waals surface area contributed by atoms with E-state index in [2.05, 4.69) is 119 Å². The predicted octanol–water partition coefficient (Wildman–Crippen LogP) is 7.11. The molecule has 0 aliphatic carbocycles. The van der Waals surface area contributed by atoms with Gasteiger partial charge in [0.15, 0.2) is 0 Å². The molecule has 0 aromatic heterocycles. The van der Waals surface area contributed by atoms with Gasteiger partial charge in [-0.1, -0.05) is 78.9 Å². The van der Waals surface area contributed by atoms with E-state index in [1.54, 1.807) is 0 Å². The normalized spacial score (nSPS) is 17.3. The Morgan fingerprint density at radius 2 is 1.06 bits per heavy atom. The lowest BCUT2D eigenvalue weighted by atomic mass is 9.78. The lowest BCUT2D eigenvalue weighted by molar-refractivity contribution is 0.00578. The largest absolute Gasteiger partial charge is 0.494 e. The summed E-state index contributed by atoms with van der Waals surface area (Å²) in [5.74, 6) is 0. The first-order chi connectivity index (χ1) is 15.8. The zero-order valence-electron chi connectivity index (χ0n) is 19.6. The molecule has 162 valence electrons. The van der Waals surface area contributed by atoms with E-state index >= 15 is 0 Å². The van der Waals surface area contributed by atoms with Crippen molar-refractivity contribution >= 4 is 44.9 Å². The van der Waals surface area contributed by atoms with Crippen LogP contribution in [0.5, 0.6) is 0 Å². The van der Waals surface area contributed by atoms with Crippen molar-refractivity contribution < 1.29 is 9.31 Å². The summed E-state index contributed by atoms with van der Waals surface area (Å²) in [6.07, 6.45) is 0. The van der Waals surface area contributed by atoms with Gasteiger partial charge >= 0.3 is 7.12 Å². The van der Waals surface area contributed by atoms with E-state index in [0.29, 0.717) is 0 Å². The van der Waals surface area contributed by atoms with Crippen LogP contribution in [0.15, 0.2) is 91.0 Å². The Labute approximate surface area is 195 Å². The molecule has 0 saturated carbocycles. The third-order valence-corrected chi connectivity index (χ3v) is 7.47. The van der Waals surface area contributed by atoms with Crippen molar-refractivity contribution in [3.8, 4) is 11.1 Å². The maximum absolute atomic E-state index is 6.24. The highest BCUT2D eigenvalue weighted by Gasteiger charge is 2.51. The highest BCUT2D eigenvalue weighted by molar-refractivity contribution is 6.62. The highest BCUT2D eigenvalue weighted by Crippen LogP contribution is 2.37. The van der Waals surface area contributed by atoms with Crippen molar-refractivity contribution in [3.63, 3.8) is 0 Å². The quantitative estimate of drug-likeness (QED) is 0.219. The van der Waals surface area contributed by atoms with E-state index in [1.807, 2.05) is 0 Å². The monoisotopic (exact) mass is 430 g/mol. The van der Waals surface area contributed by atoms with Crippen LogP contribution in [-0.2, 0) is 9.31 Å². The minimum absolute atomic E-state index is 0.335. The summed E-state index contributed by atoms with van der Waals surface area (Å²) in [5, 5.41) is 7.55. The van der Waals surface area contributed by atoms with Gasteiger partial charge < -0.3 is 9.31 Å². The lowest BCUT2D eigenvalue weighted by Crippen LogP contribution is -2.41. The van der Waals surface area contributed by atoms with E-state index in [9.17, 15) is 0 Å². The van der Waals surface area contributed by atoms with Gasteiger partial charge in [0.05, 0.1) is 11.2 Å². The Bertz CT molecular complexity index is 1520. The van der Waals surface area contributed by atoms with Crippen LogP contribution in [-0.4, -0.2) is 18.3 Å². The number of rotatable bonds is 2. The molecular formula is C30H27BO2. The van der Waals surface area contributed by atoms with E-state index < -0.39 is 0 Å². The molecule has 1 aliphatic heterocycles. The third kappa shape index (κ3) is 3.35. The molecule has 3 heteroatoms. The van der Waals surface area contributed by atoms with Crippen molar-refractivity contribution in [2.45, 2.75) is 38.9 Å². The number of fused-ring (bicyclic) bond motifs is 4. The van der Waals surface area contributed by atoms with Crippen molar-refractivity contribution in [2.75, 3.05) is 0 Å². The summed E-state index contributed by atoms with van der Waals surface area (Å²) in [4.78, 5) is 0. The van der Waals surface area contributed by atoms with Crippen molar-refractivity contribution in [2.24, 2.45) is 0 Å². The topological polar surface area (TPSA) is 18.5 Å². The van der Waals surface area contributed by atoms with Gasteiger partial charge in [-0.3, -0.25) is 0 Å². The molecular weight excluding hydrogens is 403 g/mol. The molecule has 2 nitrogen and oxygen atoms in total. The van der Waals surface area contributed by atoms with Gasteiger partial charge in [0.25, 0.3) is 0 Å². The van der Waals surface area contributed by atoms with Crippen LogP contribution >= 0.6 is 0 Å². The fourth-order valence-electron chi connectivity index (χ4n) is 4.76. The molecule has 1 saturated heterocycles. The molecule has 0 bridgehead atoms. The standard InChI is InChI=1S/C30H27BO2/c1-29(2)30(3,4)33-31(32-29)26-15-13-22-17-21(10-11-24(22)19-26)23-14-16-28-25(18-23)12-9-20-7-5-6-8-27(20)28/h5-19H,1-4H3. The second kappa shape index (κ2) is 7.18. The van der Waals surface area contributed by atoms with E-state index in [4.69, 9.17) is 9.31 Å². The molecule has 5 aromatic rings. The lowest BCUT2D eigenvalue weighted by Gasteiger charge is -2.32. The maximum atomic E-state index is 6.24. The van der Waals surface area contributed by atoms with Crippen LogP contribution in [0.1, 0.15) is 27.7 Å². The van der Waals surface area contributed by atoms with Gasteiger partial charge in [0.1, 0.15) is 0 Å². The third-order valence-electron chi connectivity index (χ3n) is 7.47. The molecule has 0 unspecified atom stereocenters. The fourth-order valence-corrected chi connectivity index (χ4v) is 4.76. The summed E-state index contributed by atoms with van der Waals surface area (Å²) in [5.41, 5.74) is 2.85. The van der Waals surface area contributed by atoms with Gasteiger partial charge in [-0.2, -0.15) is 0 Å². The van der Waals surface area contributed by atoms with Crippen LogP contribution in [0.3, 0.4) is 0 Å². The Morgan fingerprint density at radius 3 is 1.85 bits per heavy atom. The van der Waals surface area contributed by atoms with Gasteiger partial charge in [-0.05, 0) is 88.7 Å². The number of hydrogen-bond donors (Lipinski definition) is 0. The first-order valence-electron chi connectivity index (χ1n) is 11.6. The first kappa shape index (κ1) is 20.5. The van der Waals surface area contributed by atoms with E-state index in [0.717, 1.165) is 5.46 Å². The molecule has 1 aliphatic rings. The molecule has 0 atom stereocenters. The molecule has 0 N–H and O–H groups in total. The van der Waals surface area contributed by atoms with E-state index in [1.165, 1.54) is 43.4 Å². The predicted molar refractivity (Wildman–Crippen MR) is 140 cm³/mol. The number of hydrogen-bond acceptors (Lipinski definition) is 2. The van der Waals surface area contributed by atoms with Crippen LogP contribution < -0.4 is 5.46 Å². The summed E-state index contributed by atoms with van der Waals surface area (Å²) in [7, 11) is -0.339. The van der Waals surface area contributed by atoms with Crippen LogP contribution in [0.4, 0.5) is 0 Å². The molecule has 0 spiro atoms. The molecule has 33 heavy (non-hydrogen) atoms. The summed E-state index contributed by atoms with van der Waals surface area (Å²) < 4.78 is 12.5. The van der Waals surface area contributed by atoms with Crippen LogP contribution in [0.2, 0.25) is 0 Å². The molecule has 0 radical (unpaired) electrons. The summed E-state index contributed by atoms with van der Waals surface area (Å²) >= 11 is 0. The van der Waals surface area contributed by atoms with Crippen molar-refractivity contribution in [1.82, 2.24) is 0 Å². The Hall–Kier alpha value is -3.14. The molecule has 6 rings (SSSR count). The minimum Gasteiger partial charge on any atom is -0.399 e. The minimum atomic E-state index is -0.339. The van der Waals surface area contributed by atoms with Crippen molar-refractivity contribution in [3.05, 3.63) is 91.0 Å². The molecule has 5 aromatic carbocycles. The zero-order valence-corrected chi connectivity index (χ0v) is 19.6. The van der Waals surface area contributed by atoms with Gasteiger partial charge in [0.2, 0.25) is 0 Å². The van der Waals surface area contributed by atoms with Crippen LogP contribution in [0, 0.1) is 0 Å². The van der Waals surface area contributed by atoms with E-state index in [-0.39, 0.29) is 18.3 Å². The van der Waals surface area contributed by atoms with Gasteiger partial charge in [-0.15, -0.1) is 0 Å². The first-order valence-corrected chi connectivity index (χ1v) is 11.6. The van der Waals surface area contributed by atoms with Crippen molar-refractivity contribution in [1.29, 1.82) is 0 Å². The van der Waals surface area contributed by atoms with Gasteiger partial charge in [0, 0.05) is 0 Å². The molecule has 1 heterocycles. The number of benzene rings is 5. The van der Waals surface area contributed by atoms with Crippen LogP contribution in [0.25, 0.3) is 43.4 Å². The average molecular weight is 430 g/mol. The average Bonchev–Trinajstić information content (AvgIpc) is 3.04.